The minimum absolute atomic E-state index is 0.0324. The highest BCUT2D eigenvalue weighted by Crippen LogP contribution is 1.82. The predicted octanol–water partition coefficient (Wildman–Crippen LogP) is 1.05. The van der Waals surface area contributed by atoms with E-state index in [0.717, 1.165) is 0 Å². The number of allylic oxidation sites excluding steroid dienone is 1. The van der Waals surface area contributed by atoms with E-state index in [2.05, 4.69) is 4.74 Å². The Morgan fingerprint density at radius 2 is 2.33 bits per heavy atom. The van der Waals surface area contributed by atoms with Gasteiger partial charge in [0.25, 0.3) is 5.95 Å². The molecule has 0 aliphatic carbocycles. The summed E-state index contributed by atoms with van der Waals surface area (Å²) in [6, 6.07) is 0. The van der Waals surface area contributed by atoms with Crippen LogP contribution in [0.15, 0.2) is 12.0 Å². The first-order valence-electron chi connectivity index (χ1n) is 1.70. The van der Waals surface area contributed by atoms with Crippen LogP contribution in [0.1, 0.15) is 6.92 Å². The second kappa shape index (κ2) is 2.57. The van der Waals surface area contributed by atoms with Crippen LogP contribution in [0, 0.1) is 0 Å². The van der Waals surface area contributed by atoms with Crippen LogP contribution < -0.4 is 0 Å². The van der Waals surface area contributed by atoms with Crippen molar-refractivity contribution in [2.24, 2.45) is 0 Å². The third-order valence-electron chi connectivity index (χ3n) is 0.456. The van der Waals surface area contributed by atoms with Crippen LogP contribution in [0.3, 0.4) is 0 Å². The van der Waals surface area contributed by atoms with Gasteiger partial charge in [-0.25, -0.2) is 0 Å². The van der Waals surface area contributed by atoms with E-state index in [9.17, 15) is 0 Å². The number of hydrogen-bond acceptors (Lipinski definition) is 2. The molecule has 1 N–H and O–H groups in total. The minimum Gasteiger partial charge on any atom is -0.481 e. The normalized spacial score (nSPS) is 11.3. The number of methoxy groups -OCH3 is 1. The largest absolute Gasteiger partial charge is 0.481 e. The van der Waals surface area contributed by atoms with Gasteiger partial charge in [0.1, 0.15) is 0 Å². The van der Waals surface area contributed by atoms with Crippen molar-refractivity contribution in [1.82, 2.24) is 0 Å². The summed E-state index contributed by atoms with van der Waals surface area (Å²) in [4.78, 5) is 0. The van der Waals surface area contributed by atoms with Gasteiger partial charge in [-0.2, -0.15) is 0 Å². The Hall–Kier alpha value is -0.660. The van der Waals surface area contributed by atoms with Crippen molar-refractivity contribution in [3.8, 4) is 0 Å². The van der Waals surface area contributed by atoms with Gasteiger partial charge in [0.2, 0.25) is 0 Å². The lowest BCUT2D eigenvalue weighted by Gasteiger charge is -1.89. The van der Waals surface area contributed by atoms with Crippen molar-refractivity contribution < 1.29 is 9.84 Å². The standard InChI is InChI=1S/C4H8O2/c1-3-4(5)6-2/h3,5H,1-2H3/b4-3-. The zero-order valence-electron chi connectivity index (χ0n) is 3.93. The molecule has 0 unspecified atom stereocenters. The van der Waals surface area contributed by atoms with Gasteiger partial charge in [0.05, 0.1) is 7.11 Å². The Balaban J connectivity index is 3.22. The highest BCUT2D eigenvalue weighted by atomic mass is 16.6. The quantitative estimate of drug-likeness (QED) is 0.485. The summed E-state index contributed by atoms with van der Waals surface area (Å²) in [5, 5.41) is 8.31. The molecular weight excluding hydrogens is 80.0 g/mol. The molecule has 0 aromatic rings. The summed E-state index contributed by atoms with van der Waals surface area (Å²) in [5.74, 6) is -0.0324. The van der Waals surface area contributed by atoms with E-state index in [-0.39, 0.29) is 5.95 Å². The molecule has 0 aliphatic rings. The Morgan fingerprint density at radius 3 is 2.33 bits per heavy atom. The zero-order chi connectivity index (χ0) is 4.99. The fourth-order valence-corrected chi connectivity index (χ4v) is 0.118. The van der Waals surface area contributed by atoms with E-state index < -0.39 is 0 Å². The molecule has 0 heterocycles. The summed E-state index contributed by atoms with van der Waals surface area (Å²) < 4.78 is 4.32. The molecule has 0 spiro atoms. The summed E-state index contributed by atoms with van der Waals surface area (Å²) in [6.07, 6.45) is 1.47. The fraction of sp³-hybridized carbons (Fsp3) is 0.500. The van der Waals surface area contributed by atoms with Crippen LogP contribution in [0.25, 0.3) is 0 Å². The number of rotatable bonds is 1. The number of ether oxygens (including phenoxy) is 1. The van der Waals surface area contributed by atoms with Crippen LogP contribution >= 0.6 is 0 Å². The maximum atomic E-state index is 8.31. The molecule has 6 heavy (non-hydrogen) atoms. The van der Waals surface area contributed by atoms with Gasteiger partial charge in [0, 0.05) is 0 Å². The lowest BCUT2D eigenvalue weighted by Crippen LogP contribution is -1.78. The number of aliphatic hydroxyl groups is 1. The molecule has 0 bridgehead atoms. The third-order valence-corrected chi connectivity index (χ3v) is 0.456. The Kier molecular flexibility index (Phi) is 2.29. The zero-order valence-corrected chi connectivity index (χ0v) is 3.93. The van der Waals surface area contributed by atoms with Crippen molar-refractivity contribution >= 4 is 0 Å². The van der Waals surface area contributed by atoms with Crippen molar-refractivity contribution in [3.05, 3.63) is 12.0 Å². The van der Waals surface area contributed by atoms with Gasteiger partial charge in [-0.05, 0) is 13.0 Å². The van der Waals surface area contributed by atoms with E-state index in [0.29, 0.717) is 0 Å². The summed E-state index contributed by atoms with van der Waals surface area (Å²) in [6.45, 7) is 1.69. The second-order valence-electron chi connectivity index (χ2n) is 0.831. The van der Waals surface area contributed by atoms with Crippen molar-refractivity contribution in [3.63, 3.8) is 0 Å². The summed E-state index contributed by atoms with van der Waals surface area (Å²) >= 11 is 0. The minimum atomic E-state index is -0.0324. The van der Waals surface area contributed by atoms with Crippen LogP contribution in [0.4, 0.5) is 0 Å². The van der Waals surface area contributed by atoms with Crippen LogP contribution in [0.5, 0.6) is 0 Å². The van der Waals surface area contributed by atoms with E-state index in [1.54, 1.807) is 6.92 Å². The van der Waals surface area contributed by atoms with Crippen molar-refractivity contribution in [2.45, 2.75) is 6.92 Å². The SMILES string of the molecule is C/C=C(/O)OC. The summed E-state index contributed by atoms with van der Waals surface area (Å²) in [5.41, 5.74) is 0. The molecule has 0 atom stereocenters. The first-order valence-corrected chi connectivity index (χ1v) is 1.70. The predicted molar refractivity (Wildman–Crippen MR) is 23.4 cm³/mol. The summed E-state index contributed by atoms with van der Waals surface area (Å²) in [7, 11) is 1.41. The maximum absolute atomic E-state index is 8.31. The van der Waals surface area contributed by atoms with Gasteiger partial charge in [-0.15, -0.1) is 0 Å². The van der Waals surface area contributed by atoms with Crippen LogP contribution in [0.2, 0.25) is 0 Å². The van der Waals surface area contributed by atoms with Crippen molar-refractivity contribution in [2.75, 3.05) is 7.11 Å². The number of aliphatic hydroxyl groups excluding tert-OH is 1. The average Bonchev–Trinajstić information content (AvgIpc) is 1.65. The highest BCUT2D eigenvalue weighted by Gasteiger charge is 1.75. The lowest BCUT2D eigenvalue weighted by atomic mass is 10.7. The second-order valence-corrected chi connectivity index (χ2v) is 0.831. The average molecular weight is 88.1 g/mol. The highest BCUT2D eigenvalue weighted by molar-refractivity contribution is 4.74. The van der Waals surface area contributed by atoms with Crippen molar-refractivity contribution in [1.29, 1.82) is 0 Å². The first-order chi connectivity index (χ1) is 2.81. The van der Waals surface area contributed by atoms with Gasteiger partial charge in [-0.3, -0.25) is 0 Å². The Labute approximate surface area is 37.1 Å². The van der Waals surface area contributed by atoms with Gasteiger partial charge in [0.15, 0.2) is 0 Å². The van der Waals surface area contributed by atoms with Gasteiger partial charge < -0.3 is 9.84 Å². The smallest absolute Gasteiger partial charge is 0.271 e. The molecule has 0 fully saturated rings. The van der Waals surface area contributed by atoms with E-state index in [4.69, 9.17) is 5.11 Å². The van der Waals surface area contributed by atoms with Crippen LogP contribution in [-0.4, -0.2) is 12.2 Å². The topological polar surface area (TPSA) is 29.5 Å². The third kappa shape index (κ3) is 1.64. The first kappa shape index (κ1) is 5.34. The molecule has 36 valence electrons. The fourth-order valence-electron chi connectivity index (χ4n) is 0.118. The molecule has 0 aromatic heterocycles. The molecule has 0 amide bonds. The molecule has 2 heteroatoms. The van der Waals surface area contributed by atoms with Gasteiger partial charge in [-0.1, -0.05) is 0 Å². The number of hydrogen-bond donors (Lipinski definition) is 1. The molecule has 0 rings (SSSR count). The maximum Gasteiger partial charge on any atom is 0.271 e. The van der Waals surface area contributed by atoms with E-state index in [1.807, 2.05) is 0 Å². The molecular formula is C4H8O2. The molecule has 2 nitrogen and oxygen atoms in total. The molecule has 0 radical (unpaired) electrons. The van der Waals surface area contributed by atoms with E-state index >= 15 is 0 Å². The van der Waals surface area contributed by atoms with Gasteiger partial charge >= 0.3 is 0 Å². The lowest BCUT2D eigenvalue weighted by molar-refractivity contribution is 0.135. The monoisotopic (exact) mass is 88.1 g/mol. The molecule has 0 aliphatic heterocycles. The molecule has 0 aromatic carbocycles. The Bertz CT molecular complexity index is 56.6. The van der Waals surface area contributed by atoms with E-state index in [1.165, 1.54) is 13.2 Å². The molecule has 0 saturated carbocycles. The Morgan fingerprint density at radius 1 is 1.83 bits per heavy atom. The van der Waals surface area contributed by atoms with Crippen LogP contribution in [-0.2, 0) is 4.74 Å². The molecule has 0 saturated heterocycles.